The molecule has 0 unspecified atom stereocenters. The summed E-state index contributed by atoms with van der Waals surface area (Å²) in [6, 6.07) is 3.84. The van der Waals surface area contributed by atoms with Gasteiger partial charge in [-0.3, -0.25) is 4.79 Å². The van der Waals surface area contributed by atoms with Gasteiger partial charge in [0.15, 0.2) is 6.10 Å². The molecule has 1 amide bonds. The molecule has 0 aromatic carbocycles. The van der Waals surface area contributed by atoms with Crippen LogP contribution in [-0.2, 0) is 9.59 Å². The van der Waals surface area contributed by atoms with Crippen LogP contribution >= 0.6 is 23.1 Å². The van der Waals surface area contributed by atoms with Crippen LogP contribution in [0, 0.1) is 0 Å². The number of thioether (sulfide) groups is 1. The van der Waals surface area contributed by atoms with Crippen LogP contribution in [0.25, 0.3) is 0 Å². The average Bonchev–Trinajstić information content (AvgIpc) is 2.78. The molecule has 0 saturated heterocycles. The van der Waals surface area contributed by atoms with Gasteiger partial charge < -0.3 is 15.5 Å². The van der Waals surface area contributed by atoms with Crippen molar-refractivity contribution < 1.29 is 19.8 Å². The third kappa shape index (κ3) is 5.71. The number of aliphatic carboxylic acids is 1. The zero-order valence-corrected chi connectivity index (χ0v) is 10.6. The van der Waals surface area contributed by atoms with Gasteiger partial charge in [-0.25, -0.2) is 4.79 Å². The number of carbonyl (C=O) groups excluding carboxylic acids is 1. The molecule has 0 fully saturated rings. The Kier molecular flexibility index (Phi) is 6.03. The summed E-state index contributed by atoms with van der Waals surface area (Å²) < 4.78 is 1.06. The van der Waals surface area contributed by atoms with E-state index in [0.29, 0.717) is 5.75 Å². The summed E-state index contributed by atoms with van der Waals surface area (Å²) in [5.41, 5.74) is 0. The van der Waals surface area contributed by atoms with Gasteiger partial charge in [-0.2, -0.15) is 0 Å². The molecule has 5 nitrogen and oxygen atoms in total. The molecule has 3 N–H and O–H groups in total. The number of aliphatic hydroxyl groups is 1. The van der Waals surface area contributed by atoms with Gasteiger partial charge in [0.2, 0.25) is 5.91 Å². The number of hydrogen-bond donors (Lipinski definition) is 3. The molecule has 17 heavy (non-hydrogen) atoms. The second kappa shape index (κ2) is 7.31. The fraction of sp³-hybridized carbons (Fsp3) is 0.400. The first-order valence-electron chi connectivity index (χ1n) is 4.93. The van der Waals surface area contributed by atoms with Gasteiger partial charge >= 0.3 is 5.97 Å². The third-order valence-electron chi connectivity index (χ3n) is 1.87. The normalized spacial score (nSPS) is 12.1. The van der Waals surface area contributed by atoms with Crippen LogP contribution in [-0.4, -0.2) is 40.5 Å². The lowest BCUT2D eigenvalue weighted by atomic mass is 10.2. The molecule has 1 aromatic rings. The zero-order valence-electron chi connectivity index (χ0n) is 8.96. The van der Waals surface area contributed by atoms with Crippen LogP contribution in [0.4, 0.5) is 0 Å². The van der Waals surface area contributed by atoms with Crippen LogP contribution in [0.3, 0.4) is 0 Å². The SMILES string of the molecule is O=C(CSc1cccs1)NCC[C@H](O)C(=O)O. The van der Waals surface area contributed by atoms with Crippen LogP contribution in [0.5, 0.6) is 0 Å². The molecule has 0 spiro atoms. The first kappa shape index (κ1) is 14.0. The second-order valence-electron chi connectivity index (χ2n) is 3.21. The predicted molar refractivity (Wildman–Crippen MR) is 66.3 cm³/mol. The van der Waals surface area contributed by atoms with Crippen molar-refractivity contribution in [3.8, 4) is 0 Å². The lowest BCUT2D eigenvalue weighted by Crippen LogP contribution is -2.30. The summed E-state index contributed by atoms with van der Waals surface area (Å²) in [5.74, 6) is -1.14. The van der Waals surface area contributed by atoms with E-state index in [4.69, 9.17) is 10.2 Å². The molecule has 0 aliphatic carbocycles. The summed E-state index contributed by atoms with van der Waals surface area (Å²) in [6.45, 7) is 0.164. The van der Waals surface area contributed by atoms with E-state index in [2.05, 4.69) is 5.32 Å². The van der Waals surface area contributed by atoms with Crippen LogP contribution in [0.2, 0.25) is 0 Å². The Balaban J connectivity index is 2.11. The molecule has 94 valence electrons. The predicted octanol–water partition coefficient (Wildman–Crippen LogP) is 0.792. The van der Waals surface area contributed by atoms with Crippen LogP contribution in [0.15, 0.2) is 21.7 Å². The van der Waals surface area contributed by atoms with Crippen molar-refractivity contribution in [2.45, 2.75) is 16.7 Å². The maximum absolute atomic E-state index is 11.3. The van der Waals surface area contributed by atoms with Gasteiger partial charge in [0.25, 0.3) is 0 Å². The van der Waals surface area contributed by atoms with Crippen LogP contribution < -0.4 is 5.32 Å². The van der Waals surface area contributed by atoms with Crippen molar-refractivity contribution in [3.63, 3.8) is 0 Å². The highest BCUT2D eigenvalue weighted by molar-refractivity contribution is 8.01. The molecule has 0 aliphatic heterocycles. The molecule has 1 rings (SSSR count). The number of carboxylic acids is 1. The van der Waals surface area contributed by atoms with E-state index in [1.54, 1.807) is 11.3 Å². The van der Waals surface area contributed by atoms with E-state index in [-0.39, 0.29) is 18.9 Å². The van der Waals surface area contributed by atoms with Gasteiger partial charge in [-0.05, 0) is 11.4 Å². The minimum atomic E-state index is -1.42. The fourth-order valence-corrected chi connectivity index (χ4v) is 2.62. The molecule has 0 bridgehead atoms. The number of thiophene rings is 1. The van der Waals surface area contributed by atoms with E-state index in [9.17, 15) is 9.59 Å². The third-order valence-corrected chi connectivity index (χ3v) is 4.00. The highest BCUT2D eigenvalue weighted by Crippen LogP contribution is 2.22. The summed E-state index contributed by atoms with van der Waals surface area (Å²) in [5, 5.41) is 21.9. The lowest BCUT2D eigenvalue weighted by Gasteiger charge is -2.06. The summed E-state index contributed by atoms with van der Waals surface area (Å²) in [6.07, 6.45) is -1.40. The van der Waals surface area contributed by atoms with Crippen LogP contribution in [0.1, 0.15) is 6.42 Å². The van der Waals surface area contributed by atoms with E-state index in [1.807, 2.05) is 17.5 Å². The summed E-state index contributed by atoms with van der Waals surface area (Å²) >= 11 is 2.99. The minimum absolute atomic E-state index is 0.0186. The molecule has 1 heterocycles. The number of carbonyl (C=O) groups is 2. The Morgan fingerprint density at radius 3 is 2.88 bits per heavy atom. The average molecular weight is 275 g/mol. The van der Waals surface area contributed by atoms with Gasteiger partial charge in [-0.15, -0.1) is 23.1 Å². The molecule has 0 aliphatic rings. The molecule has 1 atom stereocenters. The smallest absolute Gasteiger partial charge is 0.332 e. The van der Waals surface area contributed by atoms with Crippen molar-refractivity contribution >= 4 is 35.0 Å². The first-order chi connectivity index (χ1) is 8.09. The molecule has 0 saturated carbocycles. The highest BCUT2D eigenvalue weighted by atomic mass is 32.2. The largest absolute Gasteiger partial charge is 0.479 e. The Labute approximate surface area is 107 Å². The Morgan fingerprint density at radius 1 is 1.53 bits per heavy atom. The molecule has 1 aromatic heterocycles. The fourth-order valence-electron chi connectivity index (χ4n) is 1.01. The maximum Gasteiger partial charge on any atom is 0.332 e. The van der Waals surface area contributed by atoms with Crippen molar-refractivity contribution in [3.05, 3.63) is 17.5 Å². The molecular weight excluding hydrogens is 262 g/mol. The number of rotatable bonds is 7. The standard InChI is InChI=1S/C10H13NO4S2/c12-7(10(14)15)3-4-11-8(13)6-17-9-2-1-5-16-9/h1-2,5,7,12H,3-4,6H2,(H,11,13)(H,14,15)/t7-/m0/s1. The number of carboxylic acid groups (broad SMARTS) is 1. The molecule has 0 radical (unpaired) electrons. The van der Waals surface area contributed by atoms with Crippen molar-refractivity contribution in [1.29, 1.82) is 0 Å². The van der Waals surface area contributed by atoms with Gasteiger partial charge in [0.1, 0.15) is 0 Å². The number of aliphatic hydroxyl groups excluding tert-OH is 1. The van der Waals surface area contributed by atoms with E-state index >= 15 is 0 Å². The van der Waals surface area contributed by atoms with Crippen molar-refractivity contribution in [1.82, 2.24) is 5.32 Å². The molecule has 7 heteroatoms. The van der Waals surface area contributed by atoms with Gasteiger partial charge in [0.05, 0.1) is 9.96 Å². The Morgan fingerprint density at radius 2 is 2.29 bits per heavy atom. The summed E-state index contributed by atoms with van der Waals surface area (Å²) in [7, 11) is 0. The monoisotopic (exact) mass is 275 g/mol. The number of hydrogen-bond acceptors (Lipinski definition) is 5. The topological polar surface area (TPSA) is 86.6 Å². The van der Waals surface area contributed by atoms with E-state index < -0.39 is 12.1 Å². The highest BCUT2D eigenvalue weighted by Gasteiger charge is 2.12. The number of amides is 1. The molecular formula is C10H13NO4S2. The van der Waals surface area contributed by atoms with E-state index in [0.717, 1.165) is 4.21 Å². The minimum Gasteiger partial charge on any atom is -0.479 e. The quantitative estimate of drug-likeness (QED) is 0.641. The Hall–Kier alpha value is -1.05. The maximum atomic E-state index is 11.3. The lowest BCUT2D eigenvalue weighted by molar-refractivity contribution is -0.147. The summed E-state index contributed by atoms with van der Waals surface area (Å²) in [4.78, 5) is 21.6. The first-order valence-corrected chi connectivity index (χ1v) is 6.80. The Bertz CT molecular complexity index is 366. The number of nitrogens with one attached hydrogen (secondary N) is 1. The van der Waals surface area contributed by atoms with Gasteiger partial charge in [0, 0.05) is 13.0 Å². The van der Waals surface area contributed by atoms with E-state index in [1.165, 1.54) is 11.8 Å². The van der Waals surface area contributed by atoms with Crippen molar-refractivity contribution in [2.24, 2.45) is 0 Å². The zero-order chi connectivity index (χ0) is 12.7. The second-order valence-corrected chi connectivity index (χ2v) is 5.44. The van der Waals surface area contributed by atoms with Gasteiger partial charge in [-0.1, -0.05) is 6.07 Å². The van der Waals surface area contributed by atoms with Crippen molar-refractivity contribution in [2.75, 3.05) is 12.3 Å².